The Bertz CT molecular complexity index is 558. The van der Waals surface area contributed by atoms with Crippen molar-refractivity contribution in [1.29, 1.82) is 0 Å². The van der Waals surface area contributed by atoms with Crippen LogP contribution in [0.1, 0.15) is 31.9 Å². The van der Waals surface area contributed by atoms with Gasteiger partial charge in [0.25, 0.3) is 0 Å². The molecule has 0 saturated carbocycles. The van der Waals surface area contributed by atoms with Crippen molar-refractivity contribution in [3.8, 4) is 0 Å². The van der Waals surface area contributed by atoms with Crippen molar-refractivity contribution in [3.63, 3.8) is 0 Å². The third-order valence-corrected chi connectivity index (χ3v) is 3.67. The van der Waals surface area contributed by atoms with Crippen LogP contribution in [0.4, 0.5) is 13.2 Å². The fourth-order valence-corrected chi connectivity index (χ4v) is 2.46. The Morgan fingerprint density at radius 2 is 1.90 bits per heavy atom. The lowest BCUT2D eigenvalue weighted by molar-refractivity contribution is -0.139. The summed E-state index contributed by atoms with van der Waals surface area (Å²) in [5, 5.41) is 7.79. The third kappa shape index (κ3) is 5.48. The summed E-state index contributed by atoms with van der Waals surface area (Å²) in [5.41, 5.74) is 0.561. The molecule has 114 valence electrons. The molecule has 1 aromatic rings. The lowest BCUT2D eigenvalue weighted by atomic mass is 10.1. The van der Waals surface area contributed by atoms with E-state index in [2.05, 4.69) is 5.32 Å². The van der Waals surface area contributed by atoms with Gasteiger partial charge in [-0.05, 0) is 31.5 Å². The maximum Gasteiger partial charge on any atom is 0.390 e. The SMILES string of the molecule is CC(CC(F)(F)F)NC(C)c1cccc(S(N)(=O)=O)c1. The van der Waals surface area contributed by atoms with Gasteiger partial charge in [0, 0.05) is 12.1 Å². The number of sulfonamides is 1. The maximum absolute atomic E-state index is 12.2. The highest BCUT2D eigenvalue weighted by molar-refractivity contribution is 7.89. The minimum absolute atomic E-state index is 0.0628. The summed E-state index contributed by atoms with van der Waals surface area (Å²) in [6.45, 7) is 3.09. The first-order valence-corrected chi connectivity index (χ1v) is 7.49. The van der Waals surface area contributed by atoms with Crippen molar-refractivity contribution in [2.75, 3.05) is 0 Å². The van der Waals surface area contributed by atoms with E-state index in [1.54, 1.807) is 13.0 Å². The number of alkyl halides is 3. The number of hydrogen-bond donors (Lipinski definition) is 2. The lowest BCUT2D eigenvalue weighted by Crippen LogP contribution is -2.33. The van der Waals surface area contributed by atoms with Gasteiger partial charge in [-0.25, -0.2) is 13.6 Å². The van der Waals surface area contributed by atoms with Gasteiger partial charge in [-0.1, -0.05) is 12.1 Å². The fraction of sp³-hybridized carbons (Fsp3) is 0.500. The minimum atomic E-state index is -4.24. The van der Waals surface area contributed by atoms with E-state index >= 15 is 0 Å². The number of rotatable bonds is 5. The van der Waals surface area contributed by atoms with Crippen LogP contribution in [0.5, 0.6) is 0 Å². The average Bonchev–Trinajstić information content (AvgIpc) is 2.25. The quantitative estimate of drug-likeness (QED) is 0.876. The van der Waals surface area contributed by atoms with Gasteiger partial charge in [0.15, 0.2) is 0 Å². The Kier molecular flexibility index (Phi) is 5.17. The Morgan fingerprint density at radius 3 is 2.40 bits per heavy atom. The number of nitrogens with two attached hydrogens (primary N) is 1. The fourth-order valence-electron chi connectivity index (χ4n) is 1.89. The number of hydrogen-bond acceptors (Lipinski definition) is 3. The summed E-state index contributed by atoms with van der Waals surface area (Å²) in [6, 6.07) is 4.63. The van der Waals surface area contributed by atoms with Crippen LogP contribution in [0.3, 0.4) is 0 Å². The van der Waals surface area contributed by atoms with Gasteiger partial charge in [-0.15, -0.1) is 0 Å². The number of nitrogens with one attached hydrogen (secondary N) is 1. The molecule has 0 amide bonds. The molecule has 2 unspecified atom stereocenters. The molecule has 20 heavy (non-hydrogen) atoms. The number of benzene rings is 1. The zero-order chi connectivity index (χ0) is 15.6. The van der Waals surface area contributed by atoms with E-state index in [0.29, 0.717) is 5.56 Å². The molecule has 0 aromatic heterocycles. The van der Waals surface area contributed by atoms with Crippen LogP contribution in [0.15, 0.2) is 29.2 Å². The molecule has 4 nitrogen and oxygen atoms in total. The molecular weight excluding hydrogens is 293 g/mol. The third-order valence-electron chi connectivity index (χ3n) is 2.76. The molecule has 1 rings (SSSR count). The first-order chi connectivity index (χ1) is 8.99. The standard InChI is InChI=1S/C12H17F3N2O2S/c1-8(7-12(13,14)15)17-9(2)10-4-3-5-11(6-10)20(16,18)19/h3-6,8-9,17H,7H2,1-2H3,(H2,16,18,19). The Morgan fingerprint density at radius 1 is 1.30 bits per heavy atom. The van der Waals surface area contributed by atoms with Crippen molar-refractivity contribution in [1.82, 2.24) is 5.32 Å². The van der Waals surface area contributed by atoms with Gasteiger partial charge < -0.3 is 5.32 Å². The number of halogens is 3. The van der Waals surface area contributed by atoms with E-state index in [1.165, 1.54) is 25.1 Å². The zero-order valence-electron chi connectivity index (χ0n) is 11.1. The van der Waals surface area contributed by atoms with Gasteiger partial charge in [0.2, 0.25) is 10.0 Å². The molecule has 0 saturated heterocycles. The normalized spacial score (nSPS) is 15.9. The predicted molar refractivity (Wildman–Crippen MR) is 69.5 cm³/mol. The maximum atomic E-state index is 12.2. The van der Waals surface area contributed by atoms with Crippen molar-refractivity contribution in [3.05, 3.63) is 29.8 Å². The molecule has 2 atom stereocenters. The molecule has 8 heteroatoms. The van der Waals surface area contributed by atoms with Crippen molar-refractivity contribution in [2.24, 2.45) is 5.14 Å². The molecule has 0 heterocycles. The van der Waals surface area contributed by atoms with Crippen molar-refractivity contribution in [2.45, 2.75) is 43.4 Å². The molecule has 0 spiro atoms. The summed E-state index contributed by atoms with van der Waals surface area (Å²) in [7, 11) is -3.82. The molecule has 1 aromatic carbocycles. The highest BCUT2D eigenvalue weighted by Gasteiger charge is 2.30. The van der Waals surface area contributed by atoms with Crippen LogP contribution in [-0.4, -0.2) is 20.6 Å². The first kappa shape index (κ1) is 16.9. The second kappa shape index (κ2) is 6.11. The van der Waals surface area contributed by atoms with E-state index in [-0.39, 0.29) is 4.90 Å². The summed E-state index contributed by atoms with van der Waals surface area (Å²) in [5.74, 6) is 0. The Balaban J connectivity index is 2.80. The van der Waals surface area contributed by atoms with E-state index < -0.39 is 34.7 Å². The molecule has 0 radical (unpaired) electrons. The van der Waals surface area contributed by atoms with Crippen molar-refractivity contribution < 1.29 is 21.6 Å². The van der Waals surface area contributed by atoms with Gasteiger partial charge in [-0.3, -0.25) is 0 Å². The van der Waals surface area contributed by atoms with Crippen LogP contribution in [-0.2, 0) is 10.0 Å². The Labute approximate surface area is 116 Å². The van der Waals surface area contributed by atoms with E-state index in [0.717, 1.165) is 0 Å². The Hall–Kier alpha value is -1.12. The van der Waals surface area contributed by atoms with Gasteiger partial charge in [0.1, 0.15) is 0 Å². The molecule has 0 aliphatic carbocycles. The highest BCUT2D eigenvalue weighted by Crippen LogP contribution is 2.23. The van der Waals surface area contributed by atoms with Crippen LogP contribution >= 0.6 is 0 Å². The molecule has 0 bridgehead atoms. The monoisotopic (exact) mass is 310 g/mol. The van der Waals surface area contributed by atoms with Crippen LogP contribution in [0.25, 0.3) is 0 Å². The van der Waals surface area contributed by atoms with Gasteiger partial charge in [0.05, 0.1) is 11.3 Å². The summed E-state index contributed by atoms with van der Waals surface area (Å²) in [6.07, 6.45) is -5.19. The first-order valence-electron chi connectivity index (χ1n) is 5.94. The lowest BCUT2D eigenvalue weighted by Gasteiger charge is -2.21. The minimum Gasteiger partial charge on any atom is -0.307 e. The molecule has 0 fully saturated rings. The van der Waals surface area contributed by atoms with Gasteiger partial charge >= 0.3 is 6.18 Å². The van der Waals surface area contributed by atoms with Crippen LogP contribution in [0, 0.1) is 0 Å². The van der Waals surface area contributed by atoms with Crippen LogP contribution in [0.2, 0.25) is 0 Å². The highest BCUT2D eigenvalue weighted by atomic mass is 32.2. The molecule has 3 N–H and O–H groups in total. The summed E-state index contributed by atoms with van der Waals surface area (Å²) in [4.78, 5) is -0.0628. The van der Waals surface area contributed by atoms with Crippen LogP contribution < -0.4 is 10.5 Å². The summed E-state index contributed by atoms with van der Waals surface area (Å²) >= 11 is 0. The molecular formula is C12H17F3N2O2S. The van der Waals surface area contributed by atoms with E-state index in [4.69, 9.17) is 5.14 Å². The summed E-state index contributed by atoms with van der Waals surface area (Å²) < 4.78 is 59.2. The molecule has 0 aliphatic rings. The second-order valence-electron chi connectivity index (χ2n) is 4.73. The smallest absolute Gasteiger partial charge is 0.307 e. The van der Waals surface area contributed by atoms with E-state index in [1.807, 2.05) is 0 Å². The van der Waals surface area contributed by atoms with E-state index in [9.17, 15) is 21.6 Å². The topological polar surface area (TPSA) is 72.2 Å². The zero-order valence-corrected chi connectivity index (χ0v) is 11.9. The predicted octanol–water partition coefficient (Wildman–Crippen LogP) is 2.33. The largest absolute Gasteiger partial charge is 0.390 e. The van der Waals surface area contributed by atoms with Gasteiger partial charge in [-0.2, -0.15) is 13.2 Å². The number of primary sulfonamides is 1. The van der Waals surface area contributed by atoms with Crippen molar-refractivity contribution >= 4 is 10.0 Å². The molecule has 0 aliphatic heterocycles. The average molecular weight is 310 g/mol. The second-order valence-corrected chi connectivity index (χ2v) is 6.29.